The molecular formula is C48H59N4O7S+. The van der Waals surface area contributed by atoms with Crippen molar-refractivity contribution in [2.75, 3.05) is 25.4 Å². The second kappa shape index (κ2) is 18.9. The third-order valence-electron chi connectivity index (χ3n) is 11.9. The summed E-state index contributed by atoms with van der Waals surface area (Å²) < 4.78 is 37.6. The van der Waals surface area contributed by atoms with E-state index in [0.29, 0.717) is 19.3 Å². The van der Waals surface area contributed by atoms with E-state index < -0.39 is 39.1 Å². The van der Waals surface area contributed by atoms with Gasteiger partial charge in [0.15, 0.2) is 5.71 Å². The summed E-state index contributed by atoms with van der Waals surface area (Å²) in [5.41, 5.74) is 4.14. The number of allylic oxidation sites excluding steroid dienone is 6. The average Bonchev–Trinajstić information content (AvgIpc) is 3.63. The van der Waals surface area contributed by atoms with Gasteiger partial charge in [0.1, 0.15) is 12.0 Å². The Hall–Kier alpha value is -5.33. The second-order valence-corrected chi connectivity index (χ2v) is 18.2. The van der Waals surface area contributed by atoms with Crippen LogP contribution in [-0.4, -0.2) is 76.1 Å². The summed E-state index contributed by atoms with van der Waals surface area (Å²) >= 11 is 0. The third kappa shape index (κ3) is 9.66. The van der Waals surface area contributed by atoms with E-state index in [1.54, 1.807) is 0 Å². The molecule has 1 aliphatic heterocycles. The van der Waals surface area contributed by atoms with Crippen LogP contribution in [-0.2, 0) is 36.5 Å². The standard InChI is InChI=1S/C48H58N4O7S/c1-5-7-29-51-39(37-17-13-15-36-16-14-20-41(51)44(36)37)24-22-34-31-35(23-25-42-47(3,4)38-18-10-11-19-40(38)52(42)28-6-2)33-48(32-34,46(56)50-27-30-60(57,58)59)45(55)49-26-12-8-9-21-43(53)54/h10-11,13-20,22-25,31H,5-9,12,21,26-30,32-33H2,1-4H3,(H3-,49,50,53,54,55,56,57,58,59)/p+1. The molecule has 0 saturated carbocycles. The van der Waals surface area contributed by atoms with Crippen LogP contribution in [0.1, 0.15) is 91.0 Å². The molecule has 1 aromatic heterocycles. The first-order valence-corrected chi connectivity index (χ1v) is 22.9. The Morgan fingerprint density at radius 1 is 0.850 bits per heavy atom. The number of aromatic nitrogens is 1. The number of fused-ring (bicyclic) bond motifs is 1. The molecule has 1 aliphatic carbocycles. The number of aryl methyl sites for hydroxylation is 1. The zero-order chi connectivity index (χ0) is 43.1. The molecule has 1 unspecified atom stereocenters. The molecule has 0 fully saturated rings. The number of hydrogen-bond acceptors (Lipinski definition) is 5. The molecule has 0 radical (unpaired) electrons. The molecule has 4 N–H and O–H groups in total. The first-order chi connectivity index (χ1) is 28.7. The maximum Gasteiger partial charge on any atom is 0.303 e. The number of hydrogen-bond donors (Lipinski definition) is 4. The molecule has 0 bridgehead atoms. The van der Waals surface area contributed by atoms with Crippen molar-refractivity contribution in [3.8, 4) is 0 Å². The number of unbranched alkanes of at least 4 members (excludes halogenated alkanes) is 3. The number of carbonyl (C=O) groups is 3. The highest BCUT2D eigenvalue weighted by Crippen LogP contribution is 2.43. The summed E-state index contributed by atoms with van der Waals surface area (Å²) in [5.74, 6) is -2.71. The van der Waals surface area contributed by atoms with Crippen LogP contribution in [0, 0.1) is 5.41 Å². The lowest BCUT2D eigenvalue weighted by molar-refractivity contribution is -0.437. The van der Waals surface area contributed by atoms with Crippen molar-refractivity contribution in [3.63, 3.8) is 0 Å². The Kier molecular flexibility index (Phi) is 14.0. The van der Waals surface area contributed by atoms with Crippen LogP contribution in [0.3, 0.4) is 0 Å². The lowest BCUT2D eigenvalue weighted by Gasteiger charge is -2.35. The number of rotatable bonds is 19. The van der Waals surface area contributed by atoms with Crippen molar-refractivity contribution in [1.29, 1.82) is 0 Å². The Morgan fingerprint density at radius 3 is 2.30 bits per heavy atom. The van der Waals surface area contributed by atoms with Crippen LogP contribution < -0.4 is 16.0 Å². The summed E-state index contributed by atoms with van der Waals surface area (Å²) in [6.07, 6.45) is 14.9. The number of carbonyl (C=O) groups excluding carboxylic acids is 2. The number of para-hydroxylation sites is 1. The molecule has 12 heteroatoms. The molecule has 2 heterocycles. The monoisotopic (exact) mass is 835 g/mol. The van der Waals surface area contributed by atoms with Gasteiger partial charge in [0.05, 0.1) is 11.2 Å². The fourth-order valence-corrected chi connectivity index (χ4v) is 9.26. The van der Waals surface area contributed by atoms with Gasteiger partial charge in [0.25, 0.3) is 10.1 Å². The van der Waals surface area contributed by atoms with Crippen LogP contribution >= 0.6 is 0 Å². The van der Waals surface area contributed by atoms with Crippen molar-refractivity contribution in [1.82, 2.24) is 15.2 Å². The second-order valence-electron chi connectivity index (χ2n) is 16.6. The maximum atomic E-state index is 14.6. The van der Waals surface area contributed by atoms with Crippen LogP contribution in [0.15, 0.2) is 96.1 Å². The fourth-order valence-electron chi connectivity index (χ4n) is 8.90. The van der Waals surface area contributed by atoms with Gasteiger partial charge in [0.2, 0.25) is 17.5 Å². The van der Waals surface area contributed by atoms with Gasteiger partial charge in [-0.05, 0) is 74.6 Å². The zero-order valence-electron chi connectivity index (χ0n) is 35.3. The van der Waals surface area contributed by atoms with Crippen molar-refractivity contribution in [2.24, 2.45) is 5.41 Å². The van der Waals surface area contributed by atoms with Crippen molar-refractivity contribution >= 4 is 67.1 Å². The normalized spacial score (nSPS) is 18.8. The highest BCUT2D eigenvalue weighted by Gasteiger charge is 2.48. The van der Waals surface area contributed by atoms with Crippen molar-refractivity contribution in [3.05, 3.63) is 107 Å². The number of benzene rings is 3. The highest BCUT2D eigenvalue weighted by molar-refractivity contribution is 7.85. The number of nitrogens with zero attached hydrogens (tertiary/aromatic N) is 2. The van der Waals surface area contributed by atoms with E-state index in [0.717, 1.165) is 76.5 Å². The minimum absolute atomic E-state index is 0.0320. The Labute approximate surface area is 353 Å². The fraction of sp³-hybridized carbons (Fsp3) is 0.417. The first-order valence-electron chi connectivity index (χ1n) is 21.3. The minimum atomic E-state index is -4.38. The number of aliphatic carboxylic acids is 1. The van der Waals surface area contributed by atoms with Gasteiger partial charge in [-0.15, -0.1) is 0 Å². The molecule has 2 amide bonds. The van der Waals surface area contributed by atoms with Gasteiger partial charge in [-0.2, -0.15) is 13.0 Å². The first kappa shape index (κ1) is 44.2. The molecule has 11 nitrogen and oxygen atoms in total. The van der Waals surface area contributed by atoms with E-state index in [9.17, 15) is 27.4 Å². The molecule has 6 rings (SSSR count). The predicted molar refractivity (Wildman–Crippen MR) is 239 cm³/mol. The summed E-state index contributed by atoms with van der Waals surface area (Å²) in [6.45, 7) is 10.2. The van der Waals surface area contributed by atoms with Crippen LogP contribution in [0.4, 0.5) is 5.69 Å². The van der Waals surface area contributed by atoms with Gasteiger partial charge in [-0.1, -0.05) is 93.4 Å². The van der Waals surface area contributed by atoms with E-state index in [-0.39, 0.29) is 37.8 Å². The lowest BCUT2D eigenvalue weighted by atomic mass is 9.70. The van der Waals surface area contributed by atoms with Crippen molar-refractivity contribution < 1.29 is 37.0 Å². The molecule has 60 heavy (non-hydrogen) atoms. The molecule has 318 valence electrons. The van der Waals surface area contributed by atoms with Gasteiger partial charge >= 0.3 is 5.97 Å². The maximum absolute atomic E-state index is 14.6. The van der Waals surface area contributed by atoms with Crippen LogP contribution in [0.2, 0.25) is 0 Å². The predicted octanol–water partition coefficient (Wildman–Crippen LogP) is 7.53. The number of nitrogens with one attached hydrogen (secondary N) is 2. The van der Waals surface area contributed by atoms with E-state index in [2.05, 4.69) is 120 Å². The van der Waals surface area contributed by atoms with E-state index in [1.807, 2.05) is 18.2 Å². The third-order valence-corrected chi connectivity index (χ3v) is 12.6. The summed E-state index contributed by atoms with van der Waals surface area (Å²) in [7, 11) is -4.38. The van der Waals surface area contributed by atoms with Crippen molar-refractivity contribution in [2.45, 2.75) is 97.4 Å². The average molecular weight is 836 g/mol. The van der Waals surface area contributed by atoms with Crippen LogP contribution in [0.25, 0.3) is 27.8 Å². The van der Waals surface area contributed by atoms with E-state index in [1.165, 1.54) is 10.9 Å². The SMILES string of the molecule is CCCCn1c(=CC=C2C=C(C=CC3=[N+](CCC)c4ccccc4C3(C)C)CC(C(=O)NCCCCCC(=O)O)(C(=O)NCCS(=O)(=O)O)C2)c2cccc3cccc1c32. The van der Waals surface area contributed by atoms with Gasteiger partial charge in [-0.3, -0.25) is 18.9 Å². The smallest absolute Gasteiger partial charge is 0.303 e. The molecule has 0 spiro atoms. The number of carboxylic acids is 1. The van der Waals surface area contributed by atoms with Gasteiger partial charge < -0.3 is 20.3 Å². The highest BCUT2D eigenvalue weighted by atomic mass is 32.2. The molecular weight excluding hydrogens is 777 g/mol. The summed E-state index contributed by atoms with van der Waals surface area (Å²) in [5, 5.41) is 19.2. The summed E-state index contributed by atoms with van der Waals surface area (Å²) in [4.78, 5) is 40.1. The quantitative estimate of drug-likeness (QED) is 0.0329. The Balaban J connectivity index is 1.48. The number of carboxylic acid groups (broad SMARTS) is 1. The topological polar surface area (TPSA) is 158 Å². The van der Waals surface area contributed by atoms with Crippen LogP contribution in [0.5, 0.6) is 0 Å². The van der Waals surface area contributed by atoms with Gasteiger partial charge in [-0.25, -0.2) is 0 Å². The lowest BCUT2D eigenvalue weighted by Crippen LogP contribution is -2.53. The van der Waals surface area contributed by atoms with E-state index >= 15 is 0 Å². The molecule has 0 saturated heterocycles. The largest absolute Gasteiger partial charge is 0.481 e. The Morgan fingerprint density at radius 2 is 1.58 bits per heavy atom. The molecule has 1 atom stereocenters. The molecule has 2 aliphatic rings. The summed E-state index contributed by atoms with van der Waals surface area (Å²) in [6, 6.07) is 21.1. The number of amides is 2. The minimum Gasteiger partial charge on any atom is -0.481 e. The molecule has 4 aromatic rings. The van der Waals surface area contributed by atoms with Gasteiger partial charge in [0, 0.05) is 71.8 Å². The van der Waals surface area contributed by atoms with E-state index in [4.69, 9.17) is 5.11 Å². The Bertz CT molecular complexity index is 2560. The zero-order valence-corrected chi connectivity index (χ0v) is 36.1. The molecule has 3 aromatic carbocycles.